The molecule has 2 rings (SSSR count). The van der Waals surface area contributed by atoms with Gasteiger partial charge in [-0.1, -0.05) is 5.92 Å². The number of hydrogen-bond acceptors (Lipinski definition) is 3. The van der Waals surface area contributed by atoms with E-state index in [1.54, 1.807) is 6.20 Å². The summed E-state index contributed by atoms with van der Waals surface area (Å²) < 4.78 is 0. The largest absolute Gasteiger partial charge is 0.396 e. The van der Waals surface area contributed by atoms with Gasteiger partial charge in [0.05, 0.1) is 0 Å². The SMILES string of the molecule is C#Cc1cncc(CN2CCCC(CO)C2)c1. The molecule has 3 heteroatoms. The number of likely N-dealkylation sites (tertiary alicyclic amines) is 1. The van der Waals surface area contributed by atoms with Gasteiger partial charge in [-0.05, 0) is 36.9 Å². The van der Waals surface area contributed by atoms with Crippen molar-refractivity contribution in [2.45, 2.75) is 19.4 Å². The molecule has 0 amide bonds. The Balaban J connectivity index is 1.98. The third kappa shape index (κ3) is 3.29. The summed E-state index contributed by atoms with van der Waals surface area (Å²) in [5.74, 6) is 3.03. The van der Waals surface area contributed by atoms with Crippen molar-refractivity contribution in [3.63, 3.8) is 0 Å². The molecule has 0 aromatic carbocycles. The number of terminal acetylenes is 1. The van der Waals surface area contributed by atoms with Crippen LogP contribution >= 0.6 is 0 Å². The molecule has 17 heavy (non-hydrogen) atoms. The summed E-state index contributed by atoms with van der Waals surface area (Å²) in [7, 11) is 0. The minimum atomic E-state index is 0.291. The predicted molar refractivity (Wildman–Crippen MR) is 67.3 cm³/mol. The van der Waals surface area contributed by atoms with E-state index < -0.39 is 0 Å². The Hall–Kier alpha value is -1.37. The highest BCUT2D eigenvalue weighted by molar-refractivity contribution is 5.31. The number of piperidine rings is 1. The summed E-state index contributed by atoms with van der Waals surface area (Å²) in [5, 5.41) is 9.19. The van der Waals surface area contributed by atoms with Gasteiger partial charge < -0.3 is 5.11 Å². The van der Waals surface area contributed by atoms with Gasteiger partial charge in [-0.3, -0.25) is 9.88 Å². The fourth-order valence-electron chi connectivity index (χ4n) is 2.36. The fraction of sp³-hybridized carbons (Fsp3) is 0.500. The third-order valence-electron chi connectivity index (χ3n) is 3.23. The van der Waals surface area contributed by atoms with Crippen LogP contribution in [-0.2, 0) is 6.54 Å². The summed E-state index contributed by atoms with van der Waals surface area (Å²) in [6.45, 7) is 3.23. The first-order valence-corrected chi connectivity index (χ1v) is 6.05. The van der Waals surface area contributed by atoms with Crippen LogP contribution in [0.3, 0.4) is 0 Å². The zero-order chi connectivity index (χ0) is 12.1. The van der Waals surface area contributed by atoms with Crippen LogP contribution < -0.4 is 0 Å². The Morgan fingerprint density at radius 1 is 1.53 bits per heavy atom. The molecular weight excluding hydrogens is 212 g/mol. The molecule has 0 radical (unpaired) electrons. The van der Waals surface area contributed by atoms with Gasteiger partial charge in [0, 0.05) is 37.7 Å². The molecule has 90 valence electrons. The molecule has 0 spiro atoms. The summed E-state index contributed by atoms with van der Waals surface area (Å²) in [5.41, 5.74) is 1.98. The summed E-state index contributed by atoms with van der Waals surface area (Å²) in [6.07, 6.45) is 11.2. The zero-order valence-corrected chi connectivity index (χ0v) is 9.97. The minimum Gasteiger partial charge on any atom is -0.396 e. The van der Waals surface area contributed by atoms with E-state index in [0.717, 1.165) is 43.6 Å². The molecule has 1 aliphatic heterocycles. The minimum absolute atomic E-state index is 0.291. The monoisotopic (exact) mass is 230 g/mol. The van der Waals surface area contributed by atoms with Crippen LogP contribution in [0.2, 0.25) is 0 Å². The second-order valence-corrected chi connectivity index (χ2v) is 4.65. The maximum atomic E-state index is 9.19. The molecule has 1 aromatic heterocycles. The normalized spacial score (nSPS) is 21.1. The molecule has 1 atom stereocenters. The molecule has 1 saturated heterocycles. The molecule has 0 bridgehead atoms. The number of aliphatic hydroxyl groups is 1. The average molecular weight is 230 g/mol. The Morgan fingerprint density at radius 3 is 3.18 bits per heavy atom. The summed E-state index contributed by atoms with van der Waals surface area (Å²) in [4.78, 5) is 6.50. The number of nitrogens with zero attached hydrogens (tertiary/aromatic N) is 2. The maximum Gasteiger partial charge on any atom is 0.0471 e. The van der Waals surface area contributed by atoms with Crippen molar-refractivity contribution in [1.82, 2.24) is 9.88 Å². The van der Waals surface area contributed by atoms with Crippen molar-refractivity contribution in [2.75, 3.05) is 19.7 Å². The second kappa shape index (κ2) is 5.81. The Morgan fingerprint density at radius 2 is 2.41 bits per heavy atom. The average Bonchev–Trinajstić information content (AvgIpc) is 2.39. The molecule has 2 heterocycles. The number of aliphatic hydroxyl groups excluding tert-OH is 1. The van der Waals surface area contributed by atoms with Crippen LogP contribution in [-0.4, -0.2) is 34.7 Å². The topological polar surface area (TPSA) is 36.4 Å². The van der Waals surface area contributed by atoms with Gasteiger partial charge in [0.15, 0.2) is 0 Å². The molecule has 0 aliphatic carbocycles. The molecule has 1 aromatic rings. The lowest BCUT2D eigenvalue weighted by atomic mass is 9.98. The standard InChI is InChI=1S/C14H18N2O/c1-2-12-6-14(8-15-7-12)10-16-5-3-4-13(9-16)11-17/h1,6-8,13,17H,3-5,9-11H2. The van der Waals surface area contributed by atoms with Crippen molar-refractivity contribution in [3.8, 4) is 12.3 Å². The third-order valence-corrected chi connectivity index (χ3v) is 3.23. The van der Waals surface area contributed by atoms with Gasteiger partial charge >= 0.3 is 0 Å². The van der Waals surface area contributed by atoms with Crippen molar-refractivity contribution in [3.05, 3.63) is 29.6 Å². The van der Waals surface area contributed by atoms with Gasteiger partial charge in [-0.2, -0.15) is 0 Å². The van der Waals surface area contributed by atoms with E-state index in [1.807, 2.05) is 12.3 Å². The Labute approximate surface area is 102 Å². The number of rotatable bonds is 3. The first-order chi connectivity index (χ1) is 8.31. The van der Waals surface area contributed by atoms with Crippen molar-refractivity contribution in [2.24, 2.45) is 5.92 Å². The highest BCUT2D eigenvalue weighted by atomic mass is 16.3. The highest BCUT2D eigenvalue weighted by Crippen LogP contribution is 2.18. The molecule has 1 fully saturated rings. The molecule has 1 N–H and O–H groups in total. The summed E-state index contributed by atoms with van der Waals surface area (Å²) >= 11 is 0. The van der Waals surface area contributed by atoms with E-state index in [9.17, 15) is 5.11 Å². The van der Waals surface area contributed by atoms with Crippen LogP contribution in [0.1, 0.15) is 24.0 Å². The van der Waals surface area contributed by atoms with Gasteiger partial charge in [0.1, 0.15) is 0 Å². The molecule has 0 saturated carbocycles. The lowest BCUT2D eigenvalue weighted by Crippen LogP contribution is -2.36. The maximum absolute atomic E-state index is 9.19. The van der Waals surface area contributed by atoms with Gasteiger partial charge in [0.25, 0.3) is 0 Å². The summed E-state index contributed by atoms with van der Waals surface area (Å²) in [6, 6.07) is 2.01. The molecule has 1 unspecified atom stereocenters. The predicted octanol–water partition coefficient (Wildman–Crippen LogP) is 1.27. The quantitative estimate of drug-likeness (QED) is 0.794. The van der Waals surface area contributed by atoms with E-state index in [4.69, 9.17) is 6.42 Å². The lowest BCUT2D eigenvalue weighted by molar-refractivity contribution is 0.116. The van der Waals surface area contributed by atoms with E-state index in [1.165, 1.54) is 0 Å². The number of hydrogen-bond donors (Lipinski definition) is 1. The van der Waals surface area contributed by atoms with Gasteiger partial charge in [-0.15, -0.1) is 6.42 Å². The van der Waals surface area contributed by atoms with Crippen molar-refractivity contribution < 1.29 is 5.11 Å². The molecule has 1 aliphatic rings. The van der Waals surface area contributed by atoms with E-state index in [-0.39, 0.29) is 0 Å². The smallest absolute Gasteiger partial charge is 0.0471 e. The number of aromatic nitrogens is 1. The highest BCUT2D eigenvalue weighted by Gasteiger charge is 2.19. The lowest BCUT2D eigenvalue weighted by Gasteiger charge is -2.31. The Bertz CT molecular complexity index is 411. The zero-order valence-electron chi connectivity index (χ0n) is 9.97. The Kier molecular flexibility index (Phi) is 4.13. The molecule has 3 nitrogen and oxygen atoms in total. The van der Waals surface area contributed by atoms with Crippen molar-refractivity contribution in [1.29, 1.82) is 0 Å². The first-order valence-electron chi connectivity index (χ1n) is 6.05. The fourth-order valence-corrected chi connectivity index (χ4v) is 2.36. The van der Waals surface area contributed by atoms with E-state index in [0.29, 0.717) is 12.5 Å². The number of pyridine rings is 1. The van der Waals surface area contributed by atoms with Crippen LogP contribution in [0.5, 0.6) is 0 Å². The first kappa shape index (κ1) is 12.1. The van der Waals surface area contributed by atoms with Crippen molar-refractivity contribution >= 4 is 0 Å². The van der Waals surface area contributed by atoms with E-state index in [2.05, 4.69) is 15.8 Å². The van der Waals surface area contributed by atoms with Gasteiger partial charge in [0.2, 0.25) is 0 Å². The van der Waals surface area contributed by atoms with Crippen LogP contribution in [0.15, 0.2) is 18.5 Å². The molecular formula is C14H18N2O. The van der Waals surface area contributed by atoms with Crippen LogP contribution in [0, 0.1) is 18.3 Å². The van der Waals surface area contributed by atoms with Gasteiger partial charge in [-0.25, -0.2) is 0 Å². The van der Waals surface area contributed by atoms with Crippen LogP contribution in [0.25, 0.3) is 0 Å². The van der Waals surface area contributed by atoms with Crippen LogP contribution in [0.4, 0.5) is 0 Å². The second-order valence-electron chi connectivity index (χ2n) is 4.65. The van der Waals surface area contributed by atoms with E-state index >= 15 is 0 Å².